The number of halogens is 1. The number of hydrogen-bond donors (Lipinski definition) is 0. The molecule has 1 aromatic rings. The Bertz CT molecular complexity index is 396. The number of nitrogens with zero attached hydrogens (tertiary/aromatic N) is 3. The summed E-state index contributed by atoms with van der Waals surface area (Å²) in [7, 11) is 0. The lowest BCUT2D eigenvalue weighted by Gasteiger charge is -2.09. The summed E-state index contributed by atoms with van der Waals surface area (Å²) < 4.78 is 3.36. The maximum absolute atomic E-state index is 11.9. The van der Waals surface area contributed by atoms with Crippen molar-refractivity contribution < 1.29 is 0 Å². The molecule has 5 heteroatoms. The molecule has 0 radical (unpaired) electrons. The fourth-order valence-corrected chi connectivity index (χ4v) is 2.01. The number of alkyl halides is 1. The van der Waals surface area contributed by atoms with E-state index in [1.807, 2.05) is 6.92 Å². The van der Waals surface area contributed by atoms with E-state index in [1.165, 1.54) is 0 Å². The summed E-state index contributed by atoms with van der Waals surface area (Å²) in [5.74, 6) is 1.79. The Kier molecular flexibility index (Phi) is 3.14. The van der Waals surface area contributed by atoms with Gasteiger partial charge < -0.3 is 0 Å². The first-order valence-corrected chi connectivity index (χ1v) is 5.98. The predicted octanol–water partition coefficient (Wildman–Crippen LogP) is 1.26. The summed E-state index contributed by atoms with van der Waals surface area (Å²) in [5.41, 5.74) is 0.0293. The van der Waals surface area contributed by atoms with Crippen LogP contribution in [0.25, 0.3) is 0 Å². The van der Waals surface area contributed by atoms with Crippen molar-refractivity contribution >= 4 is 11.6 Å². The maximum Gasteiger partial charge on any atom is 0.345 e. The number of hydrogen-bond acceptors (Lipinski definition) is 2. The highest BCUT2D eigenvalue weighted by Crippen LogP contribution is 2.10. The monoisotopic (exact) mass is 229 g/mol. The van der Waals surface area contributed by atoms with Crippen molar-refractivity contribution in [2.24, 2.45) is 5.92 Å². The molecule has 1 aliphatic heterocycles. The van der Waals surface area contributed by atoms with E-state index in [0.29, 0.717) is 18.3 Å². The highest BCUT2D eigenvalue weighted by atomic mass is 35.5. The zero-order chi connectivity index (χ0) is 10.8. The smallest absolute Gasteiger partial charge is 0.279 e. The van der Waals surface area contributed by atoms with Gasteiger partial charge in [0.25, 0.3) is 0 Å². The van der Waals surface area contributed by atoms with E-state index in [2.05, 4.69) is 5.10 Å². The lowest BCUT2D eigenvalue weighted by molar-refractivity contribution is 0.468. The minimum absolute atomic E-state index is 0.0293. The molecule has 0 spiro atoms. The van der Waals surface area contributed by atoms with Crippen molar-refractivity contribution in [3.63, 3.8) is 0 Å². The third-order valence-electron chi connectivity index (χ3n) is 2.78. The third-order valence-corrected chi connectivity index (χ3v) is 3.31. The van der Waals surface area contributed by atoms with Crippen molar-refractivity contribution in [1.29, 1.82) is 0 Å². The normalized spacial score (nSPS) is 17.5. The largest absolute Gasteiger partial charge is 0.345 e. The van der Waals surface area contributed by atoms with Crippen LogP contribution in [0.4, 0.5) is 0 Å². The predicted molar refractivity (Wildman–Crippen MR) is 59.3 cm³/mol. The second kappa shape index (κ2) is 4.39. The van der Waals surface area contributed by atoms with Gasteiger partial charge in [0.05, 0.1) is 6.54 Å². The average Bonchev–Trinajstić information content (AvgIpc) is 2.57. The molecule has 1 unspecified atom stereocenters. The topological polar surface area (TPSA) is 39.8 Å². The number of rotatable bonds is 3. The standard InChI is InChI=1S/C10H16ClN3O/c1-8(6-11)7-14-10(15)13-5-3-2-4-9(13)12-14/h8H,2-7H2,1H3. The molecule has 15 heavy (non-hydrogen) atoms. The van der Waals surface area contributed by atoms with Gasteiger partial charge in [-0.1, -0.05) is 6.92 Å². The Labute approximate surface area is 93.8 Å². The van der Waals surface area contributed by atoms with Crippen LogP contribution in [-0.2, 0) is 19.5 Å². The number of fused-ring (bicyclic) bond motifs is 1. The molecule has 0 fully saturated rings. The van der Waals surface area contributed by atoms with Gasteiger partial charge in [-0.15, -0.1) is 11.6 Å². The Hall–Kier alpha value is -0.770. The van der Waals surface area contributed by atoms with Crippen LogP contribution in [0.3, 0.4) is 0 Å². The first kappa shape index (κ1) is 10.7. The molecule has 0 amide bonds. The fraction of sp³-hybridized carbons (Fsp3) is 0.800. The lowest BCUT2D eigenvalue weighted by atomic mass is 10.2. The van der Waals surface area contributed by atoms with E-state index < -0.39 is 0 Å². The van der Waals surface area contributed by atoms with Gasteiger partial charge >= 0.3 is 5.69 Å². The van der Waals surface area contributed by atoms with Crippen LogP contribution in [0.1, 0.15) is 25.6 Å². The van der Waals surface area contributed by atoms with Crippen LogP contribution in [0.15, 0.2) is 4.79 Å². The van der Waals surface area contributed by atoms with E-state index in [4.69, 9.17) is 11.6 Å². The summed E-state index contributed by atoms with van der Waals surface area (Å²) in [5, 5.41) is 4.35. The molecule has 0 aliphatic carbocycles. The molecule has 0 bridgehead atoms. The van der Waals surface area contributed by atoms with Gasteiger partial charge in [-0.2, -0.15) is 5.10 Å². The molecule has 1 aromatic heterocycles. The van der Waals surface area contributed by atoms with Gasteiger partial charge in [0.1, 0.15) is 5.82 Å². The Balaban J connectivity index is 2.25. The highest BCUT2D eigenvalue weighted by molar-refractivity contribution is 6.18. The van der Waals surface area contributed by atoms with Crippen molar-refractivity contribution in [3.05, 3.63) is 16.3 Å². The molecule has 0 N–H and O–H groups in total. The zero-order valence-electron chi connectivity index (χ0n) is 8.95. The zero-order valence-corrected chi connectivity index (χ0v) is 9.70. The minimum atomic E-state index is 0.0293. The molecule has 1 aliphatic rings. The van der Waals surface area contributed by atoms with Crippen LogP contribution in [-0.4, -0.2) is 20.2 Å². The Morgan fingerprint density at radius 1 is 1.53 bits per heavy atom. The van der Waals surface area contributed by atoms with E-state index in [9.17, 15) is 4.79 Å². The first-order valence-electron chi connectivity index (χ1n) is 5.45. The van der Waals surface area contributed by atoms with E-state index in [1.54, 1.807) is 9.25 Å². The van der Waals surface area contributed by atoms with Gasteiger partial charge in [-0.05, 0) is 18.8 Å². The quantitative estimate of drug-likeness (QED) is 0.732. The van der Waals surface area contributed by atoms with Crippen molar-refractivity contribution in [3.8, 4) is 0 Å². The number of aromatic nitrogens is 3. The minimum Gasteiger partial charge on any atom is -0.279 e. The van der Waals surface area contributed by atoms with Gasteiger partial charge in [-0.25, -0.2) is 9.48 Å². The molecule has 2 heterocycles. The van der Waals surface area contributed by atoms with E-state index in [0.717, 1.165) is 31.6 Å². The van der Waals surface area contributed by atoms with Gasteiger partial charge in [0, 0.05) is 18.8 Å². The van der Waals surface area contributed by atoms with Gasteiger partial charge in [0.15, 0.2) is 0 Å². The maximum atomic E-state index is 11.9. The van der Waals surface area contributed by atoms with Crippen LogP contribution >= 0.6 is 11.6 Å². The fourth-order valence-electron chi connectivity index (χ4n) is 1.91. The highest BCUT2D eigenvalue weighted by Gasteiger charge is 2.17. The summed E-state index contributed by atoms with van der Waals surface area (Å²) in [6.07, 6.45) is 3.16. The van der Waals surface area contributed by atoms with Gasteiger partial charge in [-0.3, -0.25) is 4.57 Å². The van der Waals surface area contributed by atoms with Crippen molar-refractivity contribution in [1.82, 2.24) is 14.3 Å². The molecule has 0 saturated carbocycles. The molecule has 1 atom stereocenters. The summed E-state index contributed by atoms with van der Waals surface area (Å²) in [6.45, 7) is 3.48. The molecular formula is C10H16ClN3O. The molecule has 84 valence electrons. The SMILES string of the molecule is CC(CCl)Cn1nc2n(c1=O)CCCC2. The van der Waals surface area contributed by atoms with Gasteiger partial charge in [0.2, 0.25) is 0 Å². The van der Waals surface area contributed by atoms with Crippen LogP contribution < -0.4 is 5.69 Å². The second-order valence-electron chi connectivity index (χ2n) is 4.25. The second-order valence-corrected chi connectivity index (χ2v) is 4.56. The third kappa shape index (κ3) is 2.09. The summed E-state index contributed by atoms with van der Waals surface area (Å²) in [6, 6.07) is 0. The van der Waals surface area contributed by atoms with Crippen LogP contribution in [0.2, 0.25) is 0 Å². The molecule has 2 rings (SSSR count). The summed E-state index contributed by atoms with van der Waals surface area (Å²) >= 11 is 5.73. The Morgan fingerprint density at radius 2 is 2.33 bits per heavy atom. The van der Waals surface area contributed by atoms with Crippen molar-refractivity contribution in [2.45, 2.75) is 39.3 Å². The Morgan fingerprint density at radius 3 is 3.00 bits per heavy atom. The molecular weight excluding hydrogens is 214 g/mol. The van der Waals surface area contributed by atoms with Crippen LogP contribution in [0, 0.1) is 5.92 Å². The molecule has 4 nitrogen and oxygen atoms in total. The number of aryl methyl sites for hydroxylation is 1. The van der Waals surface area contributed by atoms with Crippen LogP contribution in [0.5, 0.6) is 0 Å². The van der Waals surface area contributed by atoms with Crippen molar-refractivity contribution in [2.75, 3.05) is 5.88 Å². The van der Waals surface area contributed by atoms with E-state index in [-0.39, 0.29) is 5.69 Å². The first-order chi connectivity index (χ1) is 7.22. The summed E-state index contributed by atoms with van der Waals surface area (Å²) in [4.78, 5) is 11.9. The molecule has 0 saturated heterocycles. The van der Waals surface area contributed by atoms with E-state index >= 15 is 0 Å². The molecule has 0 aromatic carbocycles. The average molecular weight is 230 g/mol. The lowest BCUT2D eigenvalue weighted by Crippen LogP contribution is -2.28.